The Morgan fingerprint density at radius 1 is 1.30 bits per heavy atom. The van der Waals surface area contributed by atoms with E-state index >= 15 is 0 Å². The zero-order valence-electron chi connectivity index (χ0n) is 11.8. The van der Waals surface area contributed by atoms with Crippen molar-refractivity contribution in [2.75, 3.05) is 13.1 Å². The molecule has 112 valence electrons. The largest absolute Gasteiger partial charge is 0.312 e. The van der Waals surface area contributed by atoms with Crippen molar-refractivity contribution in [1.29, 1.82) is 0 Å². The molecule has 3 heterocycles. The highest BCUT2D eigenvalue weighted by Gasteiger charge is 2.39. The van der Waals surface area contributed by atoms with E-state index in [2.05, 4.69) is 10.4 Å². The predicted octanol–water partition coefficient (Wildman–Crippen LogP) is 0.715. The van der Waals surface area contributed by atoms with Gasteiger partial charge in [0.25, 0.3) is 10.0 Å². The molecule has 1 aromatic heterocycles. The molecule has 0 amide bonds. The van der Waals surface area contributed by atoms with E-state index in [9.17, 15) is 8.42 Å². The smallest absolute Gasteiger partial charge is 0.260 e. The molecule has 2 atom stereocenters. The summed E-state index contributed by atoms with van der Waals surface area (Å²) in [5.74, 6) is 0. The molecule has 0 bridgehead atoms. The Labute approximate surface area is 120 Å². The summed E-state index contributed by atoms with van der Waals surface area (Å²) < 4.78 is 28.9. The van der Waals surface area contributed by atoms with Crippen LogP contribution in [-0.4, -0.2) is 47.7 Å². The van der Waals surface area contributed by atoms with Gasteiger partial charge in [0.2, 0.25) is 0 Å². The van der Waals surface area contributed by atoms with Gasteiger partial charge < -0.3 is 5.32 Å². The zero-order chi connectivity index (χ0) is 14.2. The molecule has 6 nitrogen and oxygen atoms in total. The first kappa shape index (κ1) is 14.0. The number of hydrogen-bond donors (Lipinski definition) is 1. The van der Waals surface area contributed by atoms with Crippen molar-refractivity contribution in [1.82, 2.24) is 19.4 Å². The lowest BCUT2D eigenvalue weighted by molar-refractivity contribution is 0.210. The second-order valence-electron chi connectivity index (χ2n) is 5.67. The molecule has 2 aliphatic rings. The van der Waals surface area contributed by atoms with E-state index in [1.807, 2.05) is 0 Å². The van der Waals surface area contributed by atoms with Crippen molar-refractivity contribution < 1.29 is 8.42 Å². The quantitative estimate of drug-likeness (QED) is 0.893. The Balaban J connectivity index is 1.91. The Morgan fingerprint density at radius 3 is 2.80 bits per heavy atom. The van der Waals surface area contributed by atoms with Gasteiger partial charge in [0.15, 0.2) is 5.03 Å². The van der Waals surface area contributed by atoms with Crippen LogP contribution in [0.1, 0.15) is 32.1 Å². The third kappa shape index (κ3) is 2.38. The summed E-state index contributed by atoms with van der Waals surface area (Å²) in [5, 5.41) is 7.75. The zero-order valence-corrected chi connectivity index (χ0v) is 12.6. The second kappa shape index (κ2) is 5.46. The monoisotopic (exact) mass is 298 g/mol. The highest BCUT2D eigenvalue weighted by atomic mass is 32.2. The van der Waals surface area contributed by atoms with Gasteiger partial charge in [-0.2, -0.15) is 9.40 Å². The molecule has 2 unspecified atom stereocenters. The van der Waals surface area contributed by atoms with Crippen LogP contribution in [0.2, 0.25) is 0 Å². The minimum absolute atomic E-state index is 0.0890. The number of aryl methyl sites for hydroxylation is 1. The summed E-state index contributed by atoms with van der Waals surface area (Å²) in [6.45, 7) is 1.62. The lowest BCUT2D eigenvalue weighted by atomic mass is 9.97. The van der Waals surface area contributed by atoms with Gasteiger partial charge in [0.1, 0.15) is 0 Å². The molecule has 0 aliphatic carbocycles. The molecular formula is C13H22N4O2S. The second-order valence-corrected chi connectivity index (χ2v) is 7.51. The maximum absolute atomic E-state index is 12.9. The van der Waals surface area contributed by atoms with E-state index in [1.54, 1.807) is 23.6 Å². The lowest BCUT2D eigenvalue weighted by Crippen LogP contribution is -2.52. The Kier molecular flexibility index (Phi) is 3.83. The van der Waals surface area contributed by atoms with Crippen LogP contribution in [0.4, 0.5) is 0 Å². The number of piperidine rings is 1. The van der Waals surface area contributed by atoms with Crippen LogP contribution >= 0.6 is 0 Å². The number of hydrogen-bond acceptors (Lipinski definition) is 4. The third-order valence-electron chi connectivity index (χ3n) is 4.41. The fourth-order valence-electron chi connectivity index (χ4n) is 3.41. The van der Waals surface area contributed by atoms with Crippen molar-refractivity contribution in [3.8, 4) is 0 Å². The number of nitrogens with zero attached hydrogens (tertiary/aromatic N) is 3. The minimum atomic E-state index is -3.44. The topological polar surface area (TPSA) is 67.2 Å². The van der Waals surface area contributed by atoms with Gasteiger partial charge in [0.05, 0.1) is 6.20 Å². The van der Waals surface area contributed by atoms with E-state index < -0.39 is 10.0 Å². The van der Waals surface area contributed by atoms with Crippen molar-refractivity contribution in [3.63, 3.8) is 0 Å². The first-order valence-electron chi connectivity index (χ1n) is 7.34. The molecule has 2 saturated heterocycles. The summed E-state index contributed by atoms with van der Waals surface area (Å²) >= 11 is 0. The van der Waals surface area contributed by atoms with Crippen molar-refractivity contribution in [2.45, 2.75) is 49.2 Å². The third-order valence-corrected chi connectivity index (χ3v) is 6.41. The standard InChI is InChI=1S/C13H22N4O2S/c1-16-13(7-9-15-16)20(18,19)17-10-3-2-6-12(17)11-5-4-8-14-11/h7,9,11-12,14H,2-6,8,10H2,1H3. The Bertz CT molecular complexity index is 563. The molecule has 1 aromatic rings. The molecule has 20 heavy (non-hydrogen) atoms. The molecular weight excluding hydrogens is 276 g/mol. The van der Waals surface area contributed by atoms with E-state index in [1.165, 1.54) is 4.68 Å². The first-order valence-corrected chi connectivity index (χ1v) is 8.78. The van der Waals surface area contributed by atoms with Crippen LogP contribution in [0.3, 0.4) is 0 Å². The molecule has 7 heteroatoms. The molecule has 3 rings (SSSR count). The maximum atomic E-state index is 12.9. The van der Waals surface area contributed by atoms with Crippen LogP contribution in [0.15, 0.2) is 17.3 Å². The van der Waals surface area contributed by atoms with Crippen LogP contribution in [0, 0.1) is 0 Å². The lowest BCUT2D eigenvalue weighted by Gasteiger charge is -2.38. The SMILES string of the molecule is Cn1nccc1S(=O)(=O)N1CCCCC1C1CCCN1. The van der Waals surface area contributed by atoms with Crippen LogP contribution in [0.5, 0.6) is 0 Å². The number of nitrogens with one attached hydrogen (secondary N) is 1. The van der Waals surface area contributed by atoms with Gasteiger partial charge in [0, 0.05) is 25.7 Å². The number of sulfonamides is 1. The average Bonchev–Trinajstić information content (AvgIpc) is 3.09. The molecule has 0 saturated carbocycles. The van der Waals surface area contributed by atoms with Gasteiger partial charge in [-0.05, 0) is 38.3 Å². The molecule has 0 radical (unpaired) electrons. The summed E-state index contributed by atoms with van der Waals surface area (Å²) in [7, 11) is -1.76. The Hall–Kier alpha value is -0.920. The molecule has 1 N–H and O–H groups in total. The van der Waals surface area contributed by atoms with E-state index in [4.69, 9.17) is 0 Å². The molecule has 2 fully saturated rings. The van der Waals surface area contributed by atoms with Gasteiger partial charge in [-0.3, -0.25) is 4.68 Å². The summed E-state index contributed by atoms with van der Waals surface area (Å²) in [6, 6.07) is 1.98. The first-order chi connectivity index (χ1) is 9.60. The highest BCUT2D eigenvalue weighted by Crippen LogP contribution is 2.29. The van der Waals surface area contributed by atoms with Crippen LogP contribution < -0.4 is 5.32 Å². The van der Waals surface area contributed by atoms with Gasteiger partial charge >= 0.3 is 0 Å². The van der Waals surface area contributed by atoms with Crippen LogP contribution in [-0.2, 0) is 17.1 Å². The fourth-order valence-corrected chi connectivity index (χ4v) is 5.24. The van der Waals surface area contributed by atoms with E-state index in [-0.39, 0.29) is 6.04 Å². The fraction of sp³-hybridized carbons (Fsp3) is 0.769. The van der Waals surface area contributed by atoms with E-state index in [0.29, 0.717) is 17.6 Å². The normalized spacial score (nSPS) is 28.9. The van der Waals surface area contributed by atoms with Gasteiger partial charge in [-0.15, -0.1) is 0 Å². The van der Waals surface area contributed by atoms with Crippen molar-refractivity contribution >= 4 is 10.0 Å². The minimum Gasteiger partial charge on any atom is -0.312 e. The molecule has 0 aromatic carbocycles. The van der Waals surface area contributed by atoms with Gasteiger partial charge in [-0.25, -0.2) is 8.42 Å². The Morgan fingerprint density at radius 2 is 2.15 bits per heavy atom. The van der Waals surface area contributed by atoms with E-state index in [0.717, 1.165) is 38.6 Å². The molecule has 0 spiro atoms. The summed E-state index contributed by atoms with van der Waals surface area (Å²) in [6.07, 6.45) is 6.76. The van der Waals surface area contributed by atoms with Gasteiger partial charge in [-0.1, -0.05) is 6.42 Å². The van der Waals surface area contributed by atoms with Crippen molar-refractivity contribution in [3.05, 3.63) is 12.3 Å². The summed E-state index contributed by atoms with van der Waals surface area (Å²) in [5.41, 5.74) is 0. The number of aromatic nitrogens is 2. The molecule has 2 aliphatic heterocycles. The van der Waals surface area contributed by atoms with Crippen molar-refractivity contribution in [2.24, 2.45) is 7.05 Å². The highest BCUT2D eigenvalue weighted by molar-refractivity contribution is 7.89. The summed E-state index contributed by atoms with van der Waals surface area (Å²) in [4.78, 5) is 0. The predicted molar refractivity (Wildman–Crippen MR) is 75.8 cm³/mol. The van der Waals surface area contributed by atoms with Crippen LogP contribution in [0.25, 0.3) is 0 Å². The number of rotatable bonds is 3. The average molecular weight is 298 g/mol. The maximum Gasteiger partial charge on any atom is 0.260 e.